The third-order valence-corrected chi connectivity index (χ3v) is 5.98. The van der Waals surface area contributed by atoms with Crippen molar-refractivity contribution >= 4 is 22.4 Å². The van der Waals surface area contributed by atoms with Crippen molar-refractivity contribution in [2.75, 3.05) is 11.9 Å². The number of thiazole rings is 1. The third-order valence-electron chi connectivity index (χ3n) is 5.21. The van der Waals surface area contributed by atoms with Gasteiger partial charge in [0.15, 0.2) is 5.13 Å². The molecule has 3 heterocycles. The van der Waals surface area contributed by atoms with Gasteiger partial charge >= 0.3 is 0 Å². The van der Waals surface area contributed by atoms with Crippen LogP contribution in [0.25, 0.3) is 0 Å². The summed E-state index contributed by atoms with van der Waals surface area (Å²) in [5, 5.41) is 10.2. The largest absolute Gasteiger partial charge is 0.298 e. The lowest BCUT2D eigenvalue weighted by molar-refractivity contribution is 0.102. The summed E-state index contributed by atoms with van der Waals surface area (Å²) in [6.45, 7) is 3.98. The Bertz CT molecular complexity index is 946. The fraction of sp³-hybridized carbons (Fsp3) is 0.381. The maximum absolute atomic E-state index is 12.5. The number of rotatable bonds is 6. The highest BCUT2D eigenvalue weighted by molar-refractivity contribution is 7.14. The number of likely N-dealkylation sites (tertiary alicyclic amines) is 1. The normalized spacial score (nSPS) is 17.1. The first-order chi connectivity index (χ1) is 13.6. The zero-order valence-electron chi connectivity index (χ0n) is 16.3. The Hall–Kier alpha value is -2.51. The molecule has 0 bridgehead atoms. The Kier molecular flexibility index (Phi) is 5.54. The Morgan fingerprint density at radius 3 is 2.82 bits per heavy atom. The van der Waals surface area contributed by atoms with E-state index in [1.807, 2.05) is 42.2 Å². The van der Waals surface area contributed by atoms with E-state index in [1.54, 1.807) is 0 Å². The average Bonchev–Trinajstić information content (AvgIpc) is 3.44. The molecule has 0 unspecified atom stereocenters. The maximum atomic E-state index is 12.5. The number of nitrogens with one attached hydrogen (secondary N) is 1. The minimum atomic E-state index is -0.111. The number of anilines is 1. The standard InChI is InChI=1S/C21H25N5OS/c1-3-15-6-8-16(9-7-15)20(27)23-21-22-18(14-28-21)19-5-4-11-26(19)13-17-10-12-25(2)24-17/h6-10,12,14,19H,3-5,11,13H2,1-2H3,(H,22,23,27)/t19-/m0/s1. The van der Waals surface area contributed by atoms with E-state index in [2.05, 4.69) is 33.7 Å². The summed E-state index contributed by atoms with van der Waals surface area (Å²) in [5.41, 5.74) is 4.00. The minimum Gasteiger partial charge on any atom is -0.298 e. The molecule has 0 aliphatic carbocycles. The summed E-state index contributed by atoms with van der Waals surface area (Å²) in [5.74, 6) is -0.111. The number of amides is 1. The first-order valence-electron chi connectivity index (χ1n) is 9.70. The molecular weight excluding hydrogens is 370 g/mol. The molecule has 0 saturated carbocycles. The number of hydrogen-bond donors (Lipinski definition) is 1. The summed E-state index contributed by atoms with van der Waals surface area (Å²) in [6, 6.07) is 10.1. The number of hydrogen-bond acceptors (Lipinski definition) is 5. The molecule has 4 rings (SSSR count). The van der Waals surface area contributed by atoms with Gasteiger partial charge in [0.25, 0.3) is 5.91 Å². The van der Waals surface area contributed by atoms with E-state index < -0.39 is 0 Å². The summed E-state index contributed by atoms with van der Waals surface area (Å²) >= 11 is 1.49. The van der Waals surface area contributed by atoms with Gasteiger partial charge in [-0.3, -0.25) is 19.7 Å². The first-order valence-corrected chi connectivity index (χ1v) is 10.6. The van der Waals surface area contributed by atoms with Crippen LogP contribution in [0, 0.1) is 0 Å². The molecule has 28 heavy (non-hydrogen) atoms. The highest BCUT2D eigenvalue weighted by Gasteiger charge is 2.28. The van der Waals surface area contributed by atoms with E-state index in [4.69, 9.17) is 4.98 Å². The van der Waals surface area contributed by atoms with Crippen molar-refractivity contribution in [2.45, 2.75) is 38.8 Å². The molecule has 0 radical (unpaired) electrons. The lowest BCUT2D eigenvalue weighted by Crippen LogP contribution is -2.23. The van der Waals surface area contributed by atoms with Gasteiger partial charge in [0, 0.05) is 30.7 Å². The molecule has 7 heteroatoms. The van der Waals surface area contributed by atoms with Crippen molar-refractivity contribution in [1.29, 1.82) is 0 Å². The molecule has 1 saturated heterocycles. The molecule has 1 N–H and O–H groups in total. The quantitative estimate of drug-likeness (QED) is 0.684. The van der Waals surface area contributed by atoms with Gasteiger partial charge in [0.2, 0.25) is 0 Å². The predicted octanol–water partition coefficient (Wildman–Crippen LogP) is 4.03. The molecule has 0 spiro atoms. The molecule has 2 aromatic heterocycles. The molecule has 146 valence electrons. The number of benzene rings is 1. The summed E-state index contributed by atoms with van der Waals surface area (Å²) in [6.07, 6.45) is 5.18. The van der Waals surface area contributed by atoms with Crippen molar-refractivity contribution in [3.63, 3.8) is 0 Å². The molecule has 1 aliphatic heterocycles. The molecule has 1 fully saturated rings. The zero-order valence-corrected chi connectivity index (χ0v) is 17.1. The van der Waals surface area contributed by atoms with Gasteiger partial charge in [0.1, 0.15) is 0 Å². The molecule has 1 aromatic carbocycles. The number of aromatic nitrogens is 3. The Labute approximate surface area is 169 Å². The highest BCUT2D eigenvalue weighted by Crippen LogP contribution is 2.34. The second-order valence-corrected chi connectivity index (χ2v) is 8.05. The highest BCUT2D eigenvalue weighted by atomic mass is 32.1. The van der Waals surface area contributed by atoms with E-state index in [9.17, 15) is 4.79 Å². The van der Waals surface area contributed by atoms with Gasteiger partial charge < -0.3 is 0 Å². The van der Waals surface area contributed by atoms with E-state index in [1.165, 1.54) is 16.9 Å². The molecule has 1 atom stereocenters. The maximum Gasteiger partial charge on any atom is 0.257 e. The Morgan fingerprint density at radius 1 is 1.29 bits per heavy atom. The number of aryl methyl sites for hydroxylation is 2. The first kappa shape index (κ1) is 18.8. The minimum absolute atomic E-state index is 0.111. The van der Waals surface area contributed by atoms with Gasteiger partial charge in [-0.2, -0.15) is 5.10 Å². The number of nitrogens with zero attached hydrogens (tertiary/aromatic N) is 4. The van der Waals surface area contributed by atoms with Crippen molar-refractivity contribution in [3.8, 4) is 0 Å². The van der Waals surface area contributed by atoms with Gasteiger partial charge in [-0.15, -0.1) is 11.3 Å². The smallest absolute Gasteiger partial charge is 0.257 e. The van der Waals surface area contributed by atoms with Crippen molar-refractivity contribution in [3.05, 3.63) is 64.4 Å². The predicted molar refractivity (Wildman–Crippen MR) is 111 cm³/mol. The fourth-order valence-electron chi connectivity index (χ4n) is 3.66. The fourth-order valence-corrected chi connectivity index (χ4v) is 4.42. The van der Waals surface area contributed by atoms with Gasteiger partial charge in [-0.25, -0.2) is 4.98 Å². The van der Waals surface area contributed by atoms with Crippen molar-refractivity contribution in [2.24, 2.45) is 7.05 Å². The Balaban J connectivity index is 1.42. The summed E-state index contributed by atoms with van der Waals surface area (Å²) < 4.78 is 1.84. The monoisotopic (exact) mass is 395 g/mol. The van der Waals surface area contributed by atoms with Crippen LogP contribution in [0.4, 0.5) is 5.13 Å². The van der Waals surface area contributed by atoms with Crippen LogP contribution in [0.5, 0.6) is 0 Å². The zero-order chi connectivity index (χ0) is 19.5. The average molecular weight is 396 g/mol. The van der Waals surface area contributed by atoms with E-state index in [0.717, 1.165) is 43.7 Å². The van der Waals surface area contributed by atoms with Crippen LogP contribution in [-0.4, -0.2) is 32.1 Å². The van der Waals surface area contributed by atoms with Crippen molar-refractivity contribution in [1.82, 2.24) is 19.7 Å². The van der Waals surface area contributed by atoms with Crippen LogP contribution < -0.4 is 5.32 Å². The van der Waals surface area contributed by atoms with E-state index in [-0.39, 0.29) is 11.9 Å². The van der Waals surface area contributed by atoms with E-state index >= 15 is 0 Å². The Morgan fingerprint density at radius 2 is 2.11 bits per heavy atom. The summed E-state index contributed by atoms with van der Waals surface area (Å²) in [7, 11) is 1.94. The SMILES string of the molecule is CCc1ccc(C(=O)Nc2nc([C@@H]3CCCN3Cc3ccn(C)n3)cs2)cc1. The lowest BCUT2D eigenvalue weighted by atomic mass is 10.1. The van der Waals surface area contributed by atoms with Gasteiger partial charge in [-0.05, 0) is 49.6 Å². The summed E-state index contributed by atoms with van der Waals surface area (Å²) in [4.78, 5) is 19.6. The molecular formula is C21H25N5OS. The molecule has 1 aliphatic rings. The number of carbonyl (C=O) groups excluding carboxylic acids is 1. The van der Waals surface area contributed by atoms with Crippen LogP contribution in [0.1, 0.15) is 53.1 Å². The van der Waals surface area contributed by atoms with Crippen LogP contribution in [-0.2, 0) is 20.0 Å². The van der Waals surface area contributed by atoms with Gasteiger partial charge in [0.05, 0.1) is 17.4 Å². The van der Waals surface area contributed by atoms with Crippen LogP contribution in [0.2, 0.25) is 0 Å². The molecule has 1 amide bonds. The second-order valence-electron chi connectivity index (χ2n) is 7.19. The second kappa shape index (κ2) is 8.24. The van der Waals surface area contributed by atoms with Crippen LogP contribution >= 0.6 is 11.3 Å². The van der Waals surface area contributed by atoms with E-state index in [0.29, 0.717) is 10.7 Å². The van der Waals surface area contributed by atoms with Gasteiger partial charge in [-0.1, -0.05) is 19.1 Å². The third kappa shape index (κ3) is 4.15. The number of carbonyl (C=O) groups is 1. The molecule has 3 aromatic rings. The van der Waals surface area contributed by atoms with Crippen LogP contribution in [0.3, 0.4) is 0 Å². The lowest BCUT2D eigenvalue weighted by Gasteiger charge is -2.21. The molecule has 6 nitrogen and oxygen atoms in total. The van der Waals surface area contributed by atoms with Crippen molar-refractivity contribution < 1.29 is 4.79 Å². The van der Waals surface area contributed by atoms with Crippen LogP contribution in [0.15, 0.2) is 41.9 Å². The topological polar surface area (TPSA) is 63.1 Å².